The average Bonchev–Trinajstić information content (AvgIpc) is 2.70. The second-order valence-corrected chi connectivity index (χ2v) is 6.17. The fourth-order valence-electron chi connectivity index (χ4n) is 0.957. The molecule has 3 nitrogen and oxygen atoms in total. The lowest BCUT2D eigenvalue weighted by atomic mass is 10.4. The van der Waals surface area contributed by atoms with Gasteiger partial charge in [0.15, 0.2) is 0 Å². The summed E-state index contributed by atoms with van der Waals surface area (Å²) < 4.78 is 1.10. The quantitative estimate of drug-likeness (QED) is 0.924. The van der Waals surface area contributed by atoms with E-state index in [9.17, 15) is 0 Å². The van der Waals surface area contributed by atoms with Crippen molar-refractivity contribution in [2.75, 3.05) is 0 Å². The van der Waals surface area contributed by atoms with Gasteiger partial charge in [-0.1, -0.05) is 11.3 Å². The number of nitrogens with two attached hydrogens (primary N) is 1. The molecule has 14 heavy (non-hydrogen) atoms. The smallest absolute Gasteiger partial charge is 0.148 e. The Morgan fingerprint density at radius 3 is 2.79 bits per heavy atom. The zero-order chi connectivity index (χ0) is 10.1. The first-order valence-corrected chi connectivity index (χ1v) is 6.49. The molecule has 0 aliphatic heterocycles. The van der Waals surface area contributed by atoms with Gasteiger partial charge in [0.25, 0.3) is 0 Å². The van der Waals surface area contributed by atoms with E-state index in [2.05, 4.69) is 31.5 Å². The van der Waals surface area contributed by atoms with Crippen LogP contribution in [0.5, 0.6) is 0 Å². The van der Waals surface area contributed by atoms with E-state index in [1.807, 2.05) is 13.0 Å². The number of hydrogen-bond acceptors (Lipinski definition) is 5. The summed E-state index contributed by atoms with van der Waals surface area (Å²) in [5.74, 6) is 0. The SMILES string of the molecule is CC(N)c1nnc(-c2csc(Br)c2)s1. The van der Waals surface area contributed by atoms with E-state index in [-0.39, 0.29) is 6.04 Å². The third-order valence-electron chi connectivity index (χ3n) is 1.64. The molecule has 2 heterocycles. The molecule has 74 valence electrons. The monoisotopic (exact) mass is 289 g/mol. The number of hydrogen-bond donors (Lipinski definition) is 1. The minimum absolute atomic E-state index is 0.0386. The van der Waals surface area contributed by atoms with E-state index in [0.717, 1.165) is 19.4 Å². The van der Waals surface area contributed by atoms with Gasteiger partial charge in [-0.05, 0) is 28.9 Å². The van der Waals surface area contributed by atoms with E-state index in [0.29, 0.717) is 0 Å². The highest BCUT2D eigenvalue weighted by molar-refractivity contribution is 9.11. The molecule has 1 atom stereocenters. The lowest BCUT2D eigenvalue weighted by molar-refractivity contribution is 0.786. The molecule has 0 aromatic carbocycles. The highest BCUT2D eigenvalue weighted by Gasteiger charge is 2.10. The van der Waals surface area contributed by atoms with Crippen LogP contribution in [-0.4, -0.2) is 10.2 Å². The van der Waals surface area contributed by atoms with Crippen molar-refractivity contribution in [1.29, 1.82) is 0 Å². The Bertz CT molecular complexity index is 435. The van der Waals surface area contributed by atoms with Crippen LogP contribution in [0, 0.1) is 0 Å². The van der Waals surface area contributed by atoms with Crippen LogP contribution < -0.4 is 5.73 Å². The summed E-state index contributed by atoms with van der Waals surface area (Å²) in [6, 6.07) is 2.00. The van der Waals surface area contributed by atoms with Gasteiger partial charge in [0, 0.05) is 10.9 Å². The van der Waals surface area contributed by atoms with Crippen LogP contribution in [0.2, 0.25) is 0 Å². The molecular formula is C8H8BrN3S2. The van der Waals surface area contributed by atoms with Crippen molar-refractivity contribution in [2.24, 2.45) is 5.73 Å². The fraction of sp³-hybridized carbons (Fsp3) is 0.250. The summed E-state index contributed by atoms with van der Waals surface area (Å²) >= 11 is 6.60. The minimum Gasteiger partial charge on any atom is -0.322 e. The van der Waals surface area contributed by atoms with Gasteiger partial charge in [-0.15, -0.1) is 21.5 Å². The van der Waals surface area contributed by atoms with Gasteiger partial charge in [0.2, 0.25) is 0 Å². The second kappa shape index (κ2) is 4.06. The Kier molecular flexibility index (Phi) is 2.96. The van der Waals surface area contributed by atoms with Crippen LogP contribution in [0.1, 0.15) is 18.0 Å². The number of aromatic nitrogens is 2. The molecule has 0 bridgehead atoms. The molecule has 6 heteroatoms. The molecule has 0 saturated heterocycles. The maximum Gasteiger partial charge on any atom is 0.148 e. The van der Waals surface area contributed by atoms with E-state index in [1.165, 1.54) is 0 Å². The molecule has 0 spiro atoms. The van der Waals surface area contributed by atoms with Gasteiger partial charge in [0.1, 0.15) is 10.0 Å². The average molecular weight is 290 g/mol. The van der Waals surface area contributed by atoms with Crippen molar-refractivity contribution in [3.8, 4) is 10.6 Å². The summed E-state index contributed by atoms with van der Waals surface area (Å²) in [5, 5.41) is 12.0. The first-order valence-electron chi connectivity index (χ1n) is 4.00. The van der Waals surface area contributed by atoms with Crippen LogP contribution in [-0.2, 0) is 0 Å². The van der Waals surface area contributed by atoms with Crippen molar-refractivity contribution in [3.05, 3.63) is 20.2 Å². The topological polar surface area (TPSA) is 51.8 Å². The van der Waals surface area contributed by atoms with Gasteiger partial charge in [-0.3, -0.25) is 0 Å². The summed E-state index contributed by atoms with van der Waals surface area (Å²) in [5.41, 5.74) is 6.81. The van der Waals surface area contributed by atoms with Gasteiger partial charge >= 0.3 is 0 Å². The van der Waals surface area contributed by atoms with Crippen LogP contribution in [0.15, 0.2) is 15.2 Å². The van der Waals surface area contributed by atoms with Gasteiger partial charge in [-0.2, -0.15) is 0 Å². The van der Waals surface area contributed by atoms with Crippen LogP contribution in [0.3, 0.4) is 0 Å². The molecular weight excluding hydrogens is 282 g/mol. The molecule has 0 saturated carbocycles. The van der Waals surface area contributed by atoms with E-state index >= 15 is 0 Å². The number of thiophene rings is 1. The molecule has 0 fully saturated rings. The van der Waals surface area contributed by atoms with E-state index in [4.69, 9.17) is 5.73 Å². The molecule has 0 aliphatic carbocycles. The fourth-order valence-corrected chi connectivity index (χ4v) is 2.96. The van der Waals surface area contributed by atoms with Crippen LogP contribution >= 0.6 is 38.6 Å². The second-order valence-electron chi connectivity index (χ2n) is 2.87. The molecule has 2 aromatic heterocycles. The molecule has 2 aromatic rings. The summed E-state index contributed by atoms with van der Waals surface area (Å²) in [6.45, 7) is 1.91. The Labute approximate surface area is 98.1 Å². The Balaban J connectivity index is 2.33. The van der Waals surface area contributed by atoms with Crippen molar-refractivity contribution >= 4 is 38.6 Å². The number of nitrogens with zero attached hydrogens (tertiary/aromatic N) is 2. The lowest BCUT2D eigenvalue weighted by Gasteiger charge is -1.94. The Morgan fingerprint density at radius 2 is 2.29 bits per heavy atom. The van der Waals surface area contributed by atoms with Gasteiger partial charge in [0.05, 0.1) is 9.83 Å². The van der Waals surface area contributed by atoms with Gasteiger partial charge in [-0.25, -0.2) is 0 Å². The summed E-state index contributed by atoms with van der Waals surface area (Å²) in [4.78, 5) is 0. The molecule has 0 aliphatic rings. The minimum atomic E-state index is -0.0386. The Morgan fingerprint density at radius 1 is 1.50 bits per heavy atom. The first-order chi connectivity index (χ1) is 6.66. The van der Waals surface area contributed by atoms with Crippen molar-refractivity contribution in [2.45, 2.75) is 13.0 Å². The van der Waals surface area contributed by atoms with Crippen LogP contribution in [0.25, 0.3) is 10.6 Å². The van der Waals surface area contributed by atoms with E-state index < -0.39 is 0 Å². The van der Waals surface area contributed by atoms with Crippen molar-refractivity contribution in [1.82, 2.24) is 10.2 Å². The third-order valence-corrected chi connectivity index (χ3v) is 4.32. The maximum atomic E-state index is 5.71. The predicted octanol–water partition coefficient (Wildman–Crippen LogP) is 3.05. The molecule has 2 N–H and O–H groups in total. The Hall–Kier alpha value is -0.300. The maximum absolute atomic E-state index is 5.71. The largest absolute Gasteiger partial charge is 0.322 e. The normalized spacial score (nSPS) is 13.1. The van der Waals surface area contributed by atoms with E-state index in [1.54, 1.807) is 22.7 Å². The lowest BCUT2D eigenvalue weighted by Crippen LogP contribution is -2.03. The molecule has 0 radical (unpaired) electrons. The summed E-state index contributed by atoms with van der Waals surface area (Å²) in [7, 11) is 0. The standard InChI is InChI=1S/C8H8BrN3S2/c1-4(10)7-11-12-8(14-7)5-2-6(9)13-3-5/h2-4H,10H2,1H3. The molecule has 0 amide bonds. The van der Waals surface area contributed by atoms with Crippen LogP contribution in [0.4, 0.5) is 0 Å². The zero-order valence-corrected chi connectivity index (χ0v) is 10.6. The summed E-state index contributed by atoms with van der Waals surface area (Å²) in [6.07, 6.45) is 0. The zero-order valence-electron chi connectivity index (χ0n) is 7.40. The van der Waals surface area contributed by atoms with Crippen molar-refractivity contribution < 1.29 is 0 Å². The number of halogens is 1. The third kappa shape index (κ3) is 2.03. The van der Waals surface area contributed by atoms with Gasteiger partial charge < -0.3 is 5.73 Å². The predicted molar refractivity (Wildman–Crippen MR) is 63.5 cm³/mol. The highest BCUT2D eigenvalue weighted by atomic mass is 79.9. The molecule has 1 unspecified atom stereocenters. The highest BCUT2D eigenvalue weighted by Crippen LogP contribution is 2.31. The first kappa shape index (κ1) is 10.2. The van der Waals surface area contributed by atoms with Crippen molar-refractivity contribution in [3.63, 3.8) is 0 Å². The number of rotatable bonds is 2. The molecule has 2 rings (SSSR count).